The molecule has 1 aliphatic heterocycles. The molecule has 5 nitrogen and oxygen atoms in total. The highest BCUT2D eigenvalue weighted by atomic mass is 16.5. The molecule has 5 heteroatoms. The molecule has 15 heavy (non-hydrogen) atoms. The second-order valence-corrected chi connectivity index (χ2v) is 3.85. The maximum absolute atomic E-state index is 9.02. The van der Waals surface area contributed by atoms with Gasteiger partial charge in [0.05, 0.1) is 38.6 Å². The molecule has 1 heterocycles. The molecule has 2 atom stereocenters. The van der Waals surface area contributed by atoms with Crippen molar-refractivity contribution >= 4 is 0 Å². The van der Waals surface area contributed by atoms with Crippen molar-refractivity contribution in [2.75, 3.05) is 46.1 Å². The second kappa shape index (κ2) is 7.14. The first-order valence-corrected chi connectivity index (χ1v) is 5.43. The van der Waals surface area contributed by atoms with Crippen molar-refractivity contribution < 1.29 is 19.7 Å². The molecule has 1 rings (SSSR count). The largest absolute Gasteiger partial charge is 0.394 e. The molecule has 2 N–H and O–H groups in total. The maximum Gasteiger partial charge on any atom is 0.0936 e. The molecule has 0 bridgehead atoms. The molecule has 90 valence electrons. The molecule has 2 unspecified atom stereocenters. The molecule has 1 aliphatic rings. The van der Waals surface area contributed by atoms with E-state index in [-0.39, 0.29) is 25.4 Å². The molecule has 0 radical (unpaired) electrons. The number of nitrogens with zero attached hydrogens (tertiary/aromatic N) is 1. The van der Waals surface area contributed by atoms with Crippen LogP contribution in [0.5, 0.6) is 0 Å². The van der Waals surface area contributed by atoms with Crippen LogP contribution in [0.1, 0.15) is 6.92 Å². The lowest BCUT2D eigenvalue weighted by molar-refractivity contribution is -0.0989. The summed E-state index contributed by atoms with van der Waals surface area (Å²) < 4.78 is 10.7. The van der Waals surface area contributed by atoms with E-state index < -0.39 is 0 Å². The lowest BCUT2D eigenvalue weighted by Gasteiger charge is -2.35. The van der Waals surface area contributed by atoms with Crippen molar-refractivity contribution in [3.05, 3.63) is 0 Å². The molecule has 0 aromatic rings. The average molecular weight is 219 g/mol. The summed E-state index contributed by atoms with van der Waals surface area (Å²) in [6.45, 7) is 5.60. The van der Waals surface area contributed by atoms with Crippen LogP contribution in [0.3, 0.4) is 0 Å². The SMILES string of the molecule is CC1CN(CCOCCO)CC(CO)O1. The highest BCUT2D eigenvalue weighted by molar-refractivity contribution is 4.74. The van der Waals surface area contributed by atoms with Crippen LogP contribution in [-0.2, 0) is 9.47 Å². The number of aliphatic hydroxyl groups excluding tert-OH is 2. The molecule has 0 spiro atoms. The van der Waals surface area contributed by atoms with E-state index >= 15 is 0 Å². The van der Waals surface area contributed by atoms with E-state index in [2.05, 4.69) is 4.90 Å². The first-order valence-electron chi connectivity index (χ1n) is 5.43. The highest BCUT2D eigenvalue weighted by Crippen LogP contribution is 2.10. The van der Waals surface area contributed by atoms with E-state index in [1.54, 1.807) is 0 Å². The van der Waals surface area contributed by atoms with Gasteiger partial charge in [0.1, 0.15) is 0 Å². The van der Waals surface area contributed by atoms with Gasteiger partial charge < -0.3 is 19.7 Å². The summed E-state index contributed by atoms with van der Waals surface area (Å²) in [4.78, 5) is 2.21. The Morgan fingerprint density at radius 1 is 1.33 bits per heavy atom. The monoisotopic (exact) mass is 219 g/mol. The van der Waals surface area contributed by atoms with E-state index in [0.29, 0.717) is 13.2 Å². The zero-order valence-electron chi connectivity index (χ0n) is 9.26. The summed E-state index contributed by atoms with van der Waals surface area (Å²) in [7, 11) is 0. The first kappa shape index (κ1) is 12.9. The van der Waals surface area contributed by atoms with Crippen LogP contribution in [0.2, 0.25) is 0 Å². The zero-order chi connectivity index (χ0) is 11.1. The Balaban J connectivity index is 2.16. The molecule has 0 amide bonds. The van der Waals surface area contributed by atoms with Gasteiger partial charge in [-0.3, -0.25) is 4.90 Å². The van der Waals surface area contributed by atoms with Crippen LogP contribution in [0, 0.1) is 0 Å². The van der Waals surface area contributed by atoms with E-state index in [1.807, 2.05) is 6.92 Å². The van der Waals surface area contributed by atoms with Crippen LogP contribution in [0.25, 0.3) is 0 Å². The normalized spacial score (nSPS) is 28.2. The number of hydrogen-bond donors (Lipinski definition) is 2. The van der Waals surface area contributed by atoms with Crippen LogP contribution in [0.4, 0.5) is 0 Å². The van der Waals surface area contributed by atoms with Gasteiger partial charge in [-0.1, -0.05) is 0 Å². The van der Waals surface area contributed by atoms with Gasteiger partial charge in [-0.25, -0.2) is 0 Å². The Morgan fingerprint density at radius 2 is 2.13 bits per heavy atom. The summed E-state index contributed by atoms with van der Waals surface area (Å²) >= 11 is 0. The van der Waals surface area contributed by atoms with Gasteiger partial charge in [-0.05, 0) is 6.92 Å². The van der Waals surface area contributed by atoms with Gasteiger partial charge in [0, 0.05) is 19.6 Å². The summed E-state index contributed by atoms with van der Waals surface area (Å²) in [5.41, 5.74) is 0. The third kappa shape index (κ3) is 4.90. The number of morpholine rings is 1. The number of ether oxygens (including phenoxy) is 2. The van der Waals surface area contributed by atoms with Crippen molar-refractivity contribution in [3.8, 4) is 0 Å². The Bertz CT molecular complexity index is 168. The minimum absolute atomic E-state index is 0.0678. The van der Waals surface area contributed by atoms with Crippen molar-refractivity contribution in [1.29, 1.82) is 0 Å². The van der Waals surface area contributed by atoms with Crippen molar-refractivity contribution in [3.63, 3.8) is 0 Å². The quantitative estimate of drug-likeness (QED) is 0.566. The first-order chi connectivity index (χ1) is 7.26. The molecule has 1 saturated heterocycles. The lowest BCUT2D eigenvalue weighted by Crippen LogP contribution is -2.48. The van der Waals surface area contributed by atoms with Crippen molar-refractivity contribution in [2.45, 2.75) is 19.1 Å². The van der Waals surface area contributed by atoms with Crippen molar-refractivity contribution in [2.24, 2.45) is 0 Å². The summed E-state index contributed by atoms with van der Waals surface area (Å²) in [5, 5.41) is 17.6. The Morgan fingerprint density at radius 3 is 2.80 bits per heavy atom. The molecule has 0 aromatic carbocycles. The predicted octanol–water partition coefficient (Wildman–Crippen LogP) is -0.923. The molecular formula is C10H21NO4. The van der Waals surface area contributed by atoms with E-state index in [0.717, 1.165) is 19.6 Å². The molecule has 1 fully saturated rings. The van der Waals surface area contributed by atoms with Gasteiger partial charge >= 0.3 is 0 Å². The predicted molar refractivity (Wildman–Crippen MR) is 55.8 cm³/mol. The second-order valence-electron chi connectivity index (χ2n) is 3.85. The van der Waals surface area contributed by atoms with E-state index in [9.17, 15) is 0 Å². The Kier molecular flexibility index (Phi) is 6.12. The smallest absolute Gasteiger partial charge is 0.0936 e. The fourth-order valence-electron chi connectivity index (χ4n) is 1.78. The molecular weight excluding hydrogens is 198 g/mol. The van der Waals surface area contributed by atoms with Gasteiger partial charge in [0.25, 0.3) is 0 Å². The molecule has 0 aliphatic carbocycles. The van der Waals surface area contributed by atoms with Crippen LogP contribution in [-0.4, -0.2) is 73.4 Å². The van der Waals surface area contributed by atoms with Crippen LogP contribution >= 0.6 is 0 Å². The molecule has 0 saturated carbocycles. The number of rotatable bonds is 6. The minimum atomic E-state index is -0.0772. The third-order valence-electron chi connectivity index (χ3n) is 2.39. The van der Waals surface area contributed by atoms with Crippen LogP contribution < -0.4 is 0 Å². The molecule has 0 aromatic heterocycles. The fourth-order valence-corrected chi connectivity index (χ4v) is 1.78. The lowest BCUT2D eigenvalue weighted by atomic mass is 10.2. The number of hydrogen-bond acceptors (Lipinski definition) is 5. The van der Waals surface area contributed by atoms with Gasteiger partial charge in [-0.15, -0.1) is 0 Å². The summed E-state index contributed by atoms with van der Waals surface area (Å²) in [6.07, 6.45) is 0.0836. The standard InChI is InChI=1S/C10H21NO4/c1-9-6-11(2-4-14-5-3-12)7-10(8-13)15-9/h9-10,12-13H,2-8H2,1H3. The van der Waals surface area contributed by atoms with Gasteiger partial charge in [0.15, 0.2) is 0 Å². The Hall–Kier alpha value is -0.200. The third-order valence-corrected chi connectivity index (χ3v) is 2.39. The van der Waals surface area contributed by atoms with Gasteiger partial charge in [-0.2, -0.15) is 0 Å². The van der Waals surface area contributed by atoms with Crippen molar-refractivity contribution in [1.82, 2.24) is 4.90 Å². The summed E-state index contributed by atoms with van der Waals surface area (Å²) in [5.74, 6) is 0. The highest BCUT2D eigenvalue weighted by Gasteiger charge is 2.23. The summed E-state index contributed by atoms with van der Waals surface area (Å²) in [6, 6.07) is 0. The zero-order valence-corrected chi connectivity index (χ0v) is 9.26. The minimum Gasteiger partial charge on any atom is -0.394 e. The van der Waals surface area contributed by atoms with E-state index in [1.165, 1.54) is 0 Å². The Labute approximate surface area is 90.6 Å². The maximum atomic E-state index is 9.02. The van der Waals surface area contributed by atoms with Crippen LogP contribution in [0.15, 0.2) is 0 Å². The number of aliphatic hydroxyl groups is 2. The topological polar surface area (TPSA) is 62.2 Å². The fraction of sp³-hybridized carbons (Fsp3) is 1.00. The average Bonchev–Trinajstić information content (AvgIpc) is 2.23. The van der Waals surface area contributed by atoms with E-state index in [4.69, 9.17) is 19.7 Å². The van der Waals surface area contributed by atoms with Gasteiger partial charge in [0.2, 0.25) is 0 Å².